The van der Waals surface area contributed by atoms with Crippen molar-refractivity contribution in [3.05, 3.63) is 36.2 Å². The molecule has 226 valence electrons. The van der Waals surface area contributed by atoms with Crippen LogP contribution in [0, 0.1) is 0 Å². The molecule has 2 aliphatic heterocycles. The van der Waals surface area contributed by atoms with Gasteiger partial charge in [-0.15, -0.1) is 0 Å². The van der Waals surface area contributed by atoms with Crippen molar-refractivity contribution < 1.29 is 38.3 Å². The van der Waals surface area contributed by atoms with Crippen molar-refractivity contribution in [2.24, 2.45) is 0 Å². The number of rotatable bonds is 7. The first-order chi connectivity index (χ1) is 20.1. The van der Waals surface area contributed by atoms with Crippen molar-refractivity contribution in [3.8, 4) is 5.88 Å². The first-order valence-electron chi connectivity index (χ1n) is 13.7. The number of imidazole rings is 1. The molecular weight excluding hydrogens is 587 g/mol. The van der Waals surface area contributed by atoms with Crippen LogP contribution in [0.1, 0.15) is 44.4 Å². The van der Waals surface area contributed by atoms with Gasteiger partial charge in [-0.2, -0.15) is 9.97 Å². The molecule has 14 nitrogen and oxygen atoms in total. The lowest BCUT2D eigenvalue weighted by atomic mass is 9.96. The highest BCUT2D eigenvalue weighted by atomic mass is 32.7. The number of aliphatic hydroxyl groups is 2. The largest absolute Gasteiger partial charge is 0.479 e. The summed E-state index contributed by atoms with van der Waals surface area (Å²) in [6.45, 7) is -2.73. The molecule has 0 amide bonds. The average molecular weight is 621 g/mol. The van der Waals surface area contributed by atoms with E-state index in [1.807, 2.05) is 24.3 Å². The van der Waals surface area contributed by atoms with E-state index in [2.05, 4.69) is 20.0 Å². The zero-order chi connectivity index (χ0) is 29.6. The predicted molar refractivity (Wildman–Crippen MR) is 152 cm³/mol. The number of ether oxygens (including phenoxy) is 3. The summed E-state index contributed by atoms with van der Waals surface area (Å²) < 4.78 is 38.5. The van der Waals surface area contributed by atoms with Crippen molar-refractivity contribution in [1.82, 2.24) is 24.6 Å². The van der Waals surface area contributed by atoms with Crippen molar-refractivity contribution in [2.75, 3.05) is 19.5 Å². The van der Waals surface area contributed by atoms with Crippen molar-refractivity contribution in [3.63, 3.8) is 0 Å². The van der Waals surface area contributed by atoms with Crippen LogP contribution in [0.2, 0.25) is 0 Å². The van der Waals surface area contributed by atoms with Gasteiger partial charge in [0.05, 0.1) is 20.0 Å². The van der Waals surface area contributed by atoms with Gasteiger partial charge < -0.3 is 34.7 Å². The maximum absolute atomic E-state index is 14.1. The lowest BCUT2D eigenvalue weighted by Crippen LogP contribution is -2.44. The first-order valence-corrected chi connectivity index (χ1v) is 16.7. The molecule has 3 aromatic rings. The molecule has 1 saturated heterocycles. The van der Waals surface area contributed by atoms with Crippen LogP contribution in [0.15, 0.2) is 35.5 Å². The Hall–Kier alpha value is -2.78. The molecule has 2 aromatic heterocycles. The number of aromatic nitrogens is 4. The Morgan fingerprint density at radius 2 is 2.07 bits per heavy atom. The third-order valence-corrected chi connectivity index (χ3v) is 11.7. The summed E-state index contributed by atoms with van der Waals surface area (Å²) in [7, 11) is 1.42. The second-order valence-corrected chi connectivity index (χ2v) is 15.0. The number of hydrogen-bond acceptors (Lipinski definition) is 13. The molecule has 1 aliphatic carbocycles. The molecule has 1 unspecified atom stereocenters. The third-order valence-electron chi connectivity index (χ3n) is 7.81. The standard InChI is InChI=1S/C26H33N6O8PS/c1-26(35)20(33)17(40-24(26)32-13-28-19-21(32)29-25(27)30-22(19)37-2)12-38-41(36)31-16(23(34)39-15-8-4-5-9-15)11-14-7-3-6-10-18(14)42-41/h3,6-7,10,13,15-17,20,24,33,35H,4-5,8-9,11-12H2,1-2H3,(H,31,36)(H2,27,29,30)/t16-,17+,20+,24+,26+,41?/m0/s1. The maximum Gasteiger partial charge on any atom is 0.332 e. The lowest BCUT2D eigenvalue weighted by Gasteiger charge is -2.27. The van der Waals surface area contributed by atoms with E-state index in [-0.39, 0.29) is 42.1 Å². The third kappa shape index (κ3) is 5.50. The normalized spacial score (nSPS) is 31.6. The van der Waals surface area contributed by atoms with Gasteiger partial charge >= 0.3 is 12.7 Å². The van der Waals surface area contributed by atoms with E-state index in [0.717, 1.165) is 42.6 Å². The first kappa shape index (κ1) is 29.3. The minimum absolute atomic E-state index is 0.0741. The fourth-order valence-corrected chi connectivity index (χ4v) is 9.56. The molecule has 0 radical (unpaired) electrons. The number of carbonyl (C=O) groups excluding carboxylic acids is 1. The van der Waals surface area contributed by atoms with E-state index in [9.17, 15) is 19.6 Å². The van der Waals surface area contributed by atoms with Crippen molar-refractivity contribution in [2.45, 2.75) is 80.1 Å². The number of nitrogens with one attached hydrogen (secondary N) is 1. The van der Waals surface area contributed by atoms with E-state index in [4.69, 9.17) is 24.5 Å². The van der Waals surface area contributed by atoms with Crippen LogP contribution < -0.4 is 15.6 Å². The Morgan fingerprint density at radius 1 is 1.31 bits per heavy atom. The number of nitrogens with zero attached hydrogens (tertiary/aromatic N) is 4. The summed E-state index contributed by atoms with van der Waals surface area (Å²) in [6, 6.07) is 6.47. The van der Waals surface area contributed by atoms with E-state index in [1.54, 1.807) is 0 Å². The summed E-state index contributed by atoms with van der Waals surface area (Å²) in [5.74, 6) is -0.410. The van der Waals surface area contributed by atoms with Gasteiger partial charge in [-0.05, 0) is 55.6 Å². The fourth-order valence-electron chi connectivity index (χ4n) is 5.60. The summed E-state index contributed by atoms with van der Waals surface area (Å²) in [6.07, 6.45) is 1.45. The Kier molecular flexibility index (Phi) is 7.94. The molecule has 42 heavy (non-hydrogen) atoms. The summed E-state index contributed by atoms with van der Waals surface area (Å²) in [5, 5.41) is 25.3. The zero-order valence-electron chi connectivity index (χ0n) is 23.1. The van der Waals surface area contributed by atoms with Crippen molar-refractivity contribution >= 4 is 41.2 Å². The average Bonchev–Trinajstić information content (AvgIpc) is 3.64. The molecule has 3 aliphatic rings. The van der Waals surface area contributed by atoms with Crippen molar-refractivity contribution in [1.29, 1.82) is 0 Å². The van der Waals surface area contributed by atoms with Gasteiger partial charge in [0.15, 0.2) is 17.4 Å². The van der Waals surface area contributed by atoms with Gasteiger partial charge in [0.25, 0.3) is 0 Å². The van der Waals surface area contributed by atoms with Crippen LogP contribution in [0.3, 0.4) is 0 Å². The lowest BCUT2D eigenvalue weighted by molar-refractivity contribution is -0.150. The zero-order valence-corrected chi connectivity index (χ0v) is 24.8. The number of esters is 1. The van der Waals surface area contributed by atoms with E-state index >= 15 is 0 Å². The highest BCUT2D eigenvalue weighted by Gasteiger charge is 2.54. The number of aliphatic hydroxyl groups excluding tert-OH is 1. The highest BCUT2D eigenvalue weighted by molar-refractivity contribution is 8.56. The van der Waals surface area contributed by atoms with Crippen LogP contribution in [0.25, 0.3) is 11.2 Å². The van der Waals surface area contributed by atoms with Gasteiger partial charge in [0.2, 0.25) is 11.8 Å². The van der Waals surface area contributed by atoms with E-state index < -0.39 is 42.8 Å². The minimum atomic E-state index is -3.78. The molecular formula is C26H33N6O8PS. The highest BCUT2D eigenvalue weighted by Crippen LogP contribution is 2.62. The molecule has 5 N–H and O–H groups in total. The van der Waals surface area contributed by atoms with Crippen LogP contribution in [0.5, 0.6) is 5.88 Å². The van der Waals surface area contributed by atoms with E-state index in [0.29, 0.717) is 4.90 Å². The van der Waals surface area contributed by atoms with Crippen LogP contribution in [0.4, 0.5) is 5.95 Å². The number of fused-ring (bicyclic) bond motifs is 2. The van der Waals surface area contributed by atoms with E-state index in [1.165, 1.54) is 24.9 Å². The Balaban J connectivity index is 1.22. The second kappa shape index (κ2) is 11.4. The van der Waals surface area contributed by atoms with Crippen LogP contribution in [-0.4, -0.2) is 79.4 Å². The molecule has 16 heteroatoms. The molecule has 4 heterocycles. The van der Waals surface area contributed by atoms with Gasteiger partial charge in [-0.3, -0.25) is 13.9 Å². The minimum Gasteiger partial charge on any atom is -0.479 e. The number of hydrogen-bond donors (Lipinski definition) is 4. The molecule has 2 fully saturated rings. The smallest absolute Gasteiger partial charge is 0.332 e. The number of nitrogen functional groups attached to an aromatic ring is 1. The maximum atomic E-state index is 14.1. The SMILES string of the molecule is COc1nc(N)nc2c1ncn2[C@@H]1O[C@H](COP2(=O)N[C@H](C(=O)OC3CCCC3)Cc3ccccc3S2)[C@@H](O)[C@@]1(C)O. The van der Waals surface area contributed by atoms with Crippen LogP contribution in [-0.2, 0) is 29.8 Å². The molecule has 6 rings (SSSR count). The monoisotopic (exact) mass is 620 g/mol. The Bertz CT molecular complexity index is 1530. The molecule has 1 saturated carbocycles. The molecule has 0 spiro atoms. The fraction of sp³-hybridized carbons (Fsp3) is 0.538. The molecule has 0 bridgehead atoms. The molecule has 1 aromatic carbocycles. The summed E-state index contributed by atoms with van der Waals surface area (Å²) in [5.41, 5.74) is 5.36. The summed E-state index contributed by atoms with van der Waals surface area (Å²) in [4.78, 5) is 26.3. The second-order valence-electron chi connectivity index (χ2n) is 10.8. The topological polar surface area (TPSA) is 193 Å². The quantitative estimate of drug-likeness (QED) is 0.222. The van der Waals surface area contributed by atoms with Gasteiger partial charge in [-0.25, -0.2) is 10.1 Å². The Morgan fingerprint density at radius 3 is 2.83 bits per heavy atom. The Labute approximate surface area is 245 Å². The number of benzene rings is 1. The number of carbonyl (C=O) groups is 1. The number of methoxy groups -OCH3 is 1. The van der Waals surface area contributed by atoms with Gasteiger partial charge in [-0.1, -0.05) is 18.2 Å². The summed E-state index contributed by atoms with van der Waals surface area (Å²) >= 11 is 0.989. The number of anilines is 1. The number of nitrogens with two attached hydrogens (primary N) is 1. The van der Waals surface area contributed by atoms with Gasteiger partial charge in [0.1, 0.15) is 30.0 Å². The predicted octanol–water partition coefficient (Wildman–Crippen LogP) is 2.34. The van der Waals surface area contributed by atoms with Crippen LogP contribution >= 0.6 is 18.1 Å². The molecule has 6 atom stereocenters. The van der Waals surface area contributed by atoms with Gasteiger partial charge in [0, 0.05) is 11.3 Å².